The average Bonchev–Trinajstić information content (AvgIpc) is 3.14. The van der Waals surface area contributed by atoms with E-state index in [-0.39, 0.29) is 5.41 Å². The highest BCUT2D eigenvalue weighted by molar-refractivity contribution is 5.80. The van der Waals surface area contributed by atoms with E-state index in [9.17, 15) is 0 Å². The van der Waals surface area contributed by atoms with Crippen LogP contribution in [0.15, 0.2) is 84.9 Å². The first kappa shape index (κ1) is 25.4. The summed E-state index contributed by atoms with van der Waals surface area (Å²) < 4.78 is 0. The maximum atomic E-state index is 3.70. The molecule has 184 valence electrons. The van der Waals surface area contributed by atoms with Gasteiger partial charge in [0.05, 0.1) is 0 Å². The Morgan fingerprint density at radius 2 is 1.20 bits per heavy atom. The third kappa shape index (κ3) is 6.12. The van der Waals surface area contributed by atoms with E-state index in [0.717, 1.165) is 38.8 Å². The van der Waals surface area contributed by atoms with E-state index in [4.69, 9.17) is 0 Å². The largest absolute Gasteiger partial charge is 0.314 e. The van der Waals surface area contributed by atoms with Crippen molar-refractivity contribution in [2.45, 2.75) is 70.9 Å². The van der Waals surface area contributed by atoms with Gasteiger partial charge in [-0.2, -0.15) is 0 Å². The molecule has 0 bridgehead atoms. The molecule has 0 aliphatic heterocycles. The molecule has 0 radical (unpaired) electrons. The molecule has 0 saturated carbocycles. The van der Waals surface area contributed by atoms with Crippen LogP contribution >= 0.6 is 0 Å². The normalized spacial score (nSPS) is 18.7. The second-order valence-electron chi connectivity index (χ2n) is 10.3. The Hall–Kier alpha value is -2.68. The van der Waals surface area contributed by atoms with Crippen molar-refractivity contribution in [2.24, 2.45) is 0 Å². The van der Waals surface area contributed by atoms with Crippen molar-refractivity contribution in [1.82, 2.24) is 10.6 Å². The summed E-state index contributed by atoms with van der Waals surface area (Å²) in [6.45, 7) is 11.1. The molecule has 0 fully saturated rings. The van der Waals surface area contributed by atoms with Gasteiger partial charge in [0.1, 0.15) is 0 Å². The monoisotopic (exact) mass is 466 g/mol. The van der Waals surface area contributed by atoms with Gasteiger partial charge in [-0.1, -0.05) is 98.8 Å². The minimum atomic E-state index is 0.0231. The first-order chi connectivity index (χ1) is 17.0. The molecule has 0 spiro atoms. The predicted molar refractivity (Wildman–Crippen MR) is 151 cm³/mol. The highest BCUT2D eigenvalue weighted by Gasteiger charge is 2.40. The molecule has 4 rings (SSSR count). The number of benzene rings is 3. The quantitative estimate of drug-likeness (QED) is 0.302. The van der Waals surface area contributed by atoms with Gasteiger partial charge in [0, 0.05) is 17.5 Å². The third-order valence-corrected chi connectivity index (χ3v) is 7.38. The average molecular weight is 467 g/mol. The van der Waals surface area contributed by atoms with Crippen molar-refractivity contribution in [3.8, 4) is 0 Å². The molecule has 2 nitrogen and oxygen atoms in total. The van der Waals surface area contributed by atoms with Crippen molar-refractivity contribution < 1.29 is 0 Å². The second kappa shape index (κ2) is 11.8. The molecule has 0 aromatic heterocycles. The van der Waals surface area contributed by atoms with Crippen molar-refractivity contribution >= 4 is 5.57 Å². The van der Waals surface area contributed by atoms with Gasteiger partial charge >= 0.3 is 0 Å². The molecule has 2 atom stereocenters. The smallest absolute Gasteiger partial charge is 0.0173 e. The van der Waals surface area contributed by atoms with E-state index >= 15 is 0 Å². The Labute approximate surface area is 212 Å². The number of hydrogen-bond acceptors (Lipinski definition) is 2. The molecule has 35 heavy (non-hydrogen) atoms. The maximum absolute atomic E-state index is 3.70. The lowest BCUT2D eigenvalue weighted by molar-refractivity contribution is 0.346. The fourth-order valence-corrected chi connectivity index (χ4v) is 6.15. The van der Waals surface area contributed by atoms with E-state index in [0.29, 0.717) is 12.1 Å². The molecule has 0 saturated heterocycles. The van der Waals surface area contributed by atoms with Crippen LogP contribution in [0.1, 0.15) is 68.4 Å². The number of rotatable bonds is 12. The van der Waals surface area contributed by atoms with Gasteiger partial charge in [-0.3, -0.25) is 0 Å². The molecule has 2 N–H and O–H groups in total. The van der Waals surface area contributed by atoms with Crippen LogP contribution in [-0.4, -0.2) is 25.2 Å². The summed E-state index contributed by atoms with van der Waals surface area (Å²) in [4.78, 5) is 0. The van der Waals surface area contributed by atoms with Crippen LogP contribution in [0, 0.1) is 0 Å². The number of allylic oxidation sites excluding steroid dienone is 2. The predicted octanol–water partition coefficient (Wildman–Crippen LogP) is 6.93. The van der Waals surface area contributed by atoms with Gasteiger partial charge in [-0.25, -0.2) is 0 Å². The van der Waals surface area contributed by atoms with Crippen LogP contribution in [0.5, 0.6) is 0 Å². The summed E-state index contributed by atoms with van der Waals surface area (Å²) in [6.07, 6.45) is 6.82. The van der Waals surface area contributed by atoms with Crippen LogP contribution in [0.2, 0.25) is 0 Å². The summed E-state index contributed by atoms with van der Waals surface area (Å²) in [5, 5.41) is 7.41. The zero-order valence-electron chi connectivity index (χ0n) is 22.0. The van der Waals surface area contributed by atoms with E-state index in [1.807, 2.05) is 0 Å². The van der Waals surface area contributed by atoms with Crippen LogP contribution in [0.3, 0.4) is 0 Å². The number of nitrogens with one attached hydrogen (secondary N) is 2. The fraction of sp³-hybridized carbons (Fsp3) is 0.394. The Bertz CT molecular complexity index is 1090. The Morgan fingerprint density at radius 3 is 1.74 bits per heavy atom. The van der Waals surface area contributed by atoms with Crippen LogP contribution in [-0.2, 0) is 18.3 Å². The summed E-state index contributed by atoms with van der Waals surface area (Å²) >= 11 is 0. The summed E-state index contributed by atoms with van der Waals surface area (Å²) in [5.74, 6) is 0. The van der Waals surface area contributed by atoms with Gasteiger partial charge in [0.15, 0.2) is 0 Å². The highest BCUT2D eigenvalue weighted by atomic mass is 14.9. The minimum absolute atomic E-state index is 0.0231. The zero-order valence-corrected chi connectivity index (χ0v) is 22.0. The Morgan fingerprint density at radius 1 is 0.657 bits per heavy atom. The van der Waals surface area contributed by atoms with Gasteiger partial charge in [-0.05, 0) is 86.0 Å². The first-order valence-electron chi connectivity index (χ1n) is 13.4. The van der Waals surface area contributed by atoms with E-state index in [1.165, 1.54) is 33.4 Å². The van der Waals surface area contributed by atoms with Gasteiger partial charge < -0.3 is 10.6 Å². The number of hydrogen-bond donors (Lipinski definition) is 2. The first-order valence-corrected chi connectivity index (χ1v) is 13.4. The van der Waals surface area contributed by atoms with Crippen LogP contribution < -0.4 is 10.6 Å². The molecular weight excluding hydrogens is 424 g/mol. The standard InChI is InChI=1S/C33H42N2/c1-5-34-25(3)22-33(23-26(4)35-6-2)24-30(21-28-16-11-8-12-17-28)32-29(18-13-19-31(32)33)20-27-14-9-7-10-15-27/h7-19,24-26,34-35H,5-6,20-23H2,1-4H3. The molecule has 2 unspecified atom stereocenters. The van der Waals surface area contributed by atoms with Crippen molar-refractivity contribution in [3.05, 3.63) is 113 Å². The number of fused-ring (bicyclic) bond motifs is 1. The molecule has 3 aromatic rings. The molecule has 1 aliphatic rings. The molecule has 2 heteroatoms. The van der Waals surface area contributed by atoms with Crippen molar-refractivity contribution in [3.63, 3.8) is 0 Å². The molecule has 0 amide bonds. The molecule has 3 aromatic carbocycles. The lowest BCUT2D eigenvalue weighted by Gasteiger charge is -2.35. The Balaban J connectivity index is 1.82. The summed E-state index contributed by atoms with van der Waals surface area (Å²) in [5.41, 5.74) is 8.73. The van der Waals surface area contributed by atoms with E-state index in [1.54, 1.807) is 0 Å². The fourth-order valence-electron chi connectivity index (χ4n) is 6.15. The van der Waals surface area contributed by atoms with Crippen molar-refractivity contribution in [2.75, 3.05) is 13.1 Å². The topological polar surface area (TPSA) is 24.1 Å². The van der Waals surface area contributed by atoms with Crippen LogP contribution in [0.25, 0.3) is 5.57 Å². The van der Waals surface area contributed by atoms with Crippen molar-refractivity contribution in [1.29, 1.82) is 0 Å². The second-order valence-corrected chi connectivity index (χ2v) is 10.3. The third-order valence-electron chi connectivity index (χ3n) is 7.38. The molecule has 0 heterocycles. The van der Waals surface area contributed by atoms with Gasteiger partial charge in [0.25, 0.3) is 0 Å². The lowest BCUT2D eigenvalue weighted by Crippen LogP contribution is -2.40. The van der Waals surface area contributed by atoms with E-state index in [2.05, 4.69) is 123 Å². The molecule has 1 aliphatic carbocycles. The maximum Gasteiger partial charge on any atom is 0.0173 e. The van der Waals surface area contributed by atoms with Gasteiger partial charge in [-0.15, -0.1) is 0 Å². The van der Waals surface area contributed by atoms with E-state index < -0.39 is 0 Å². The Kier molecular flexibility index (Phi) is 8.59. The van der Waals surface area contributed by atoms with Crippen LogP contribution in [0.4, 0.5) is 0 Å². The SMILES string of the molecule is CCNC(C)CC1(CC(C)NCC)C=C(Cc2ccccc2)c2c(Cc3ccccc3)cccc21. The minimum Gasteiger partial charge on any atom is -0.314 e. The molecular formula is C33H42N2. The highest BCUT2D eigenvalue weighted by Crippen LogP contribution is 2.49. The zero-order chi connectivity index (χ0) is 24.7. The lowest BCUT2D eigenvalue weighted by atomic mass is 9.72. The summed E-state index contributed by atoms with van der Waals surface area (Å²) in [6, 6.07) is 29.8. The van der Waals surface area contributed by atoms with Gasteiger partial charge in [0.2, 0.25) is 0 Å². The summed E-state index contributed by atoms with van der Waals surface area (Å²) in [7, 11) is 0.